The maximum atomic E-state index is 11.2. The lowest BCUT2D eigenvalue weighted by Gasteiger charge is -2.06. The standard InChI is InChI=1S/C19H18ClN9O2/c1-3-31-15-7-5-14(6-8-15)29-18(22-25-27-29)11-28-24-19(23-26-28)13-4-9-17(16(20)10-13)21-12(2)30/h4-10H,3,11H2,1-2H3,(H,21,30). The van der Waals surface area contributed by atoms with Crippen LogP contribution in [0.5, 0.6) is 5.75 Å². The molecule has 2 heterocycles. The Kier molecular flexibility index (Phi) is 5.85. The first-order valence-corrected chi connectivity index (χ1v) is 9.77. The zero-order valence-electron chi connectivity index (χ0n) is 16.7. The number of tetrazole rings is 2. The molecule has 4 rings (SSSR count). The van der Waals surface area contributed by atoms with Crippen LogP contribution >= 0.6 is 11.6 Å². The van der Waals surface area contributed by atoms with E-state index in [1.165, 1.54) is 11.7 Å². The van der Waals surface area contributed by atoms with Gasteiger partial charge in [-0.25, -0.2) is 0 Å². The molecule has 1 N–H and O–H groups in total. The molecular formula is C19H18ClN9O2. The van der Waals surface area contributed by atoms with E-state index in [0.29, 0.717) is 34.5 Å². The Hall–Kier alpha value is -3.86. The number of halogens is 1. The van der Waals surface area contributed by atoms with Crippen LogP contribution in [-0.2, 0) is 11.3 Å². The summed E-state index contributed by atoms with van der Waals surface area (Å²) in [4.78, 5) is 12.6. The largest absolute Gasteiger partial charge is 0.494 e. The van der Waals surface area contributed by atoms with Crippen LogP contribution in [0.1, 0.15) is 19.7 Å². The van der Waals surface area contributed by atoms with Crippen molar-refractivity contribution in [3.63, 3.8) is 0 Å². The minimum Gasteiger partial charge on any atom is -0.494 e. The van der Waals surface area contributed by atoms with E-state index in [2.05, 4.69) is 36.3 Å². The highest BCUT2D eigenvalue weighted by Gasteiger charge is 2.14. The number of hydrogen-bond acceptors (Lipinski definition) is 8. The predicted molar refractivity (Wildman–Crippen MR) is 112 cm³/mol. The molecular weight excluding hydrogens is 422 g/mol. The molecule has 0 atom stereocenters. The molecule has 2 aromatic carbocycles. The van der Waals surface area contributed by atoms with Gasteiger partial charge in [0.15, 0.2) is 5.82 Å². The first-order chi connectivity index (χ1) is 15.0. The van der Waals surface area contributed by atoms with Crippen molar-refractivity contribution in [2.45, 2.75) is 20.4 Å². The fraction of sp³-hybridized carbons (Fsp3) is 0.211. The van der Waals surface area contributed by atoms with Gasteiger partial charge in [0.25, 0.3) is 0 Å². The summed E-state index contributed by atoms with van der Waals surface area (Å²) in [6, 6.07) is 12.5. The molecule has 2 aromatic heterocycles. The Morgan fingerprint density at radius 3 is 2.65 bits per heavy atom. The van der Waals surface area contributed by atoms with E-state index >= 15 is 0 Å². The Morgan fingerprint density at radius 2 is 1.94 bits per heavy atom. The maximum absolute atomic E-state index is 11.2. The molecule has 158 valence electrons. The van der Waals surface area contributed by atoms with Crippen LogP contribution in [0.2, 0.25) is 5.02 Å². The molecule has 12 heteroatoms. The molecule has 31 heavy (non-hydrogen) atoms. The Morgan fingerprint density at radius 1 is 1.13 bits per heavy atom. The van der Waals surface area contributed by atoms with E-state index < -0.39 is 0 Å². The molecule has 0 aliphatic carbocycles. The van der Waals surface area contributed by atoms with Gasteiger partial charge in [-0.1, -0.05) is 11.6 Å². The molecule has 0 saturated heterocycles. The summed E-state index contributed by atoms with van der Waals surface area (Å²) in [5.41, 5.74) is 1.96. The monoisotopic (exact) mass is 439 g/mol. The van der Waals surface area contributed by atoms with E-state index in [9.17, 15) is 4.79 Å². The Bertz CT molecular complexity index is 1200. The van der Waals surface area contributed by atoms with Gasteiger partial charge in [-0.2, -0.15) is 9.48 Å². The highest BCUT2D eigenvalue weighted by molar-refractivity contribution is 6.34. The summed E-state index contributed by atoms with van der Waals surface area (Å²) in [5, 5.41) is 27.4. The number of aromatic nitrogens is 8. The quantitative estimate of drug-likeness (QED) is 0.465. The third kappa shape index (κ3) is 4.67. The second kappa shape index (κ2) is 8.88. The molecule has 0 spiro atoms. The van der Waals surface area contributed by atoms with Gasteiger partial charge in [-0.3, -0.25) is 4.79 Å². The SMILES string of the molecule is CCOc1ccc(-n2nnnc2Cn2nnc(-c3ccc(NC(C)=O)c(Cl)c3)n2)cc1. The fourth-order valence-electron chi connectivity index (χ4n) is 2.85. The number of carbonyl (C=O) groups excluding carboxylic acids is 1. The number of amides is 1. The number of ether oxygens (including phenoxy) is 1. The predicted octanol–water partition coefficient (Wildman–Crippen LogP) is 2.37. The van der Waals surface area contributed by atoms with E-state index in [0.717, 1.165) is 11.4 Å². The second-order valence-electron chi connectivity index (χ2n) is 6.45. The molecule has 0 saturated carbocycles. The molecule has 0 unspecified atom stereocenters. The number of carbonyl (C=O) groups is 1. The third-order valence-corrected chi connectivity index (χ3v) is 4.51. The minimum absolute atomic E-state index is 0.205. The van der Waals surface area contributed by atoms with Gasteiger partial charge in [0.2, 0.25) is 11.7 Å². The van der Waals surface area contributed by atoms with Crippen LogP contribution in [0.4, 0.5) is 5.69 Å². The lowest BCUT2D eigenvalue weighted by atomic mass is 10.2. The lowest BCUT2D eigenvalue weighted by Crippen LogP contribution is -2.11. The summed E-state index contributed by atoms with van der Waals surface area (Å²) in [7, 11) is 0. The topological polar surface area (TPSA) is 126 Å². The normalized spacial score (nSPS) is 10.8. The third-order valence-electron chi connectivity index (χ3n) is 4.20. The first kappa shape index (κ1) is 20.4. The van der Waals surface area contributed by atoms with Crippen molar-refractivity contribution in [3.8, 4) is 22.8 Å². The van der Waals surface area contributed by atoms with Gasteiger partial charge >= 0.3 is 0 Å². The molecule has 0 aliphatic heterocycles. The summed E-state index contributed by atoms with van der Waals surface area (Å²) in [6.45, 7) is 4.15. The molecule has 0 aliphatic rings. The Balaban J connectivity index is 1.52. The number of nitrogens with one attached hydrogen (secondary N) is 1. The summed E-state index contributed by atoms with van der Waals surface area (Å²) in [6.07, 6.45) is 0. The summed E-state index contributed by atoms with van der Waals surface area (Å²) in [5.74, 6) is 1.49. The van der Waals surface area contributed by atoms with Crippen LogP contribution in [0.15, 0.2) is 42.5 Å². The van der Waals surface area contributed by atoms with Crippen LogP contribution in [-0.4, -0.2) is 52.9 Å². The van der Waals surface area contributed by atoms with Crippen LogP contribution < -0.4 is 10.1 Å². The first-order valence-electron chi connectivity index (χ1n) is 9.39. The second-order valence-corrected chi connectivity index (χ2v) is 6.86. The van der Waals surface area contributed by atoms with Gasteiger partial charge in [-0.15, -0.1) is 15.3 Å². The number of benzene rings is 2. The van der Waals surface area contributed by atoms with Crippen molar-refractivity contribution >= 4 is 23.2 Å². The summed E-state index contributed by atoms with van der Waals surface area (Å²) >= 11 is 6.23. The van der Waals surface area contributed by atoms with Crippen molar-refractivity contribution < 1.29 is 9.53 Å². The van der Waals surface area contributed by atoms with E-state index in [4.69, 9.17) is 16.3 Å². The van der Waals surface area contributed by atoms with Gasteiger partial charge in [-0.05, 0) is 65.0 Å². The van der Waals surface area contributed by atoms with Crippen molar-refractivity contribution in [2.24, 2.45) is 0 Å². The number of nitrogens with zero attached hydrogens (tertiary/aromatic N) is 8. The molecule has 0 bridgehead atoms. The van der Waals surface area contributed by atoms with Crippen molar-refractivity contribution in [2.75, 3.05) is 11.9 Å². The minimum atomic E-state index is -0.205. The van der Waals surface area contributed by atoms with Gasteiger partial charge < -0.3 is 10.1 Å². The zero-order chi connectivity index (χ0) is 21.8. The molecule has 0 fully saturated rings. The van der Waals surface area contributed by atoms with Crippen molar-refractivity contribution in [1.82, 2.24) is 40.4 Å². The average molecular weight is 440 g/mol. The fourth-order valence-corrected chi connectivity index (χ4v) is 3.08. The molecule has 11 nitrogen and oxygen atoms in total. The smallest absolute Gasteiger partial charge is 0.221 e. The van der Waals surface area contributed by atoms with Gasteiger partial charge in [0, 0.05) is 12.5 Å². The number of rotatable bonds is 7. The summed E-state index contributed by atoms with van der Waals surface area (Å²) < 4.78 is 7.06. The number of anilines is 1. The maximum Gasteiger partial charge on any atom is 0.221 e. The Labute approximate surface area is 182 Å². The highest BCUT2D eigenvalue weighted by atomic mass is 35.5. The van der Waals surface area contributed by atoms with Crippen LogP contribution in [0, 0.1) is 0 Å². The zero-order valence-corrected chi connectivity index (χ0v) is 17.5. The van der Waals surface area contributed by atoms with Crippen LogP contribution in [0.25, 0.3) is 17.1 Å². The van der Waals surface area contributed by atoms with E-state index in [1.54, 1.807) is 22.9 Å². The highest BCUT2D eigenvalue weighted by Crippen LogP contribution is 2.27. The number of hydrogen-bond donors (Lipinski definition) is 1. The van der Waals surface area contributed by atoms with Crippen LogP contribution in [0.3, 0.4) is 0 Å². The van der Waals surface area contributed by atoms with E-state index in [1.807, 2.05) is 31.2 Å². The molecule has 0 radical (unpaired) electrons. The van der Waals surface area contributed by atoms with Crippen molar-refractivity contribution in [1.29, 1.82) is 0 Å². The lowest BCUT2D eigenvalue weighted by molar-refractivity contribution is -0.114. The van der Waals surface area contributed by atoms with Gasteiger partial charge in [0.1, 0.15) is 12.3 Å². The van der Waals surface area contributed by atoms with Gasteiger partial charge in [0.05, 0.1) is 23.0 Å². The van der Waals surface area contributed by atoms with Crippen molar-refractivity contribution in [3.05, 3.63) is 53.3 Å². The average Bonchev–Trinajstić information content (AvgIpc) is 3.40. The van der Waals surface area contributed by atoms with E-state index in [-0.39, 0.29) is 12.5 Å². The molecule has 1 amide bonds. The molecule has 4 aromatic rings.